The maximum absolute atomic E-state index is 13.0. The largest absolute Gasteiger partial charge is 0.462 e. The molecule has 1 aromatic heterocycles. The second kappa shape index (κ2) is 8.20. The average Bonchev–Trinajstić information content (AvgIpc) is 2.59. The van der Waals surface area contributed by atoms with E-state index < -0.39 is 33.9 Å². The van der Waals surface area contributed by atoms with Crippen LogP contribution in [0.15, 0.2) is 34.3 Å². The highest BCUT2D eigenvalue weighted by Gasteiger charge is 2.38. The molecule has 0 radical (unpaired) electrons. The zero-order valence-corrected chi connectivity index (χ0v) is 14.5. The minimum absolute atomic E-state index is 0.0389. The number of hydrogen-bond donors (Lipinski definition) is 1. The molecular formula is C15H12F3N3O5S. The molecule has 1 aromatic carbocycles. The average molecular weight is 403 g/mol. The van der Waals surface area contributed by atoms with E-state index >= 15 is 0 Å². The second-order valence-corrected chi connectivity index (χ2v) is 6.01. The number of aromatic amines is 1. The molecule has 0 unspecified atom stereocenters. The van der Waals surface area contributed by atoms with E-state index in [1.165, 1.54) is 6.07 Å². The molecule has 0 spiro atoms. The van der Waals surface area contributed by atoms with E-state index in [1.807, 2.05) is 0 Å². The van der Waals surface area contributed by atoms with Gasteiger partial charge in [0.2, 0.25) is 0 Å². The van der Waals surface area contributed by atoms with Gasteiger partial charge in [-0.05, 0) is 18.6 Å². The Labute approximate surface area is 153 Å². The predicted molar refractivity (Wildman–Crippen MR) is 88.5 cm³/mol. The van der Waals surface area contributed by atoms with Gasteiger partial charge in [0.25, 0.3) is 11.2 Å². The molecule has 0 fully saturated rings. The van der Waals surface area contributed by atoms with Gasteiger partial charge in [-0.1, -0.05) is 17.8 Å². The number of aromatic nitrogens is 2. The molecule has 144 valence electrons. The van der Waals surface area contributed by atoms with Crippen molar-refractivity contribution in [3.63, 3.8) is 0 Å². The minimum Gasteiger partial charge on any atom is -0.462 e. The van der Waals surface area contributed by atoms with Gasteiger partial charge >= 0.3 is 12.1 Å². The molecule has 2 rings (SSSR count). The van der Waals surface area contributed by atoms with E-state index in [-0.39, 0.29) is 28.6 Å². The van der Waals surface area contributed by atoms with E-state index in [1.54, 1.807) is 6.92 Å². The van der Waals surface area contributed by atoms with Crippen LogP contribution in [0.25, 0.3) is 0 Å². The summed E-state index contributed by atoms with van der Waals surface area (Å²) in [6, 6.07) is 2.64. The fraction of sp³-hybridized carbons (Fsp3) is 0.267. The van der Waals surface area contributed by atoms with Crippen molar-refractivity contribution in [1.29, 1.82) is 0 Å². The van der Waals surface area contributed by atoms with E-state index in [2.05, 4.69) is 14.7 Å². The van der Waals surface area contributed by atoms with Crippen LogP contribution in [0.1, 0.15) is 28.4 Å². The normalized spacial score (nSPS) is 11.3. The summed E-state index contributed by atoms with van der Waals surface area (Å²) in [7, 11) is 0. The molecule has 12 heteroatoms. The van der Waals surface area contributed by atoms with Crippen molar-refractivity contribution in [2.24, 2.45) is 0 Å². The van der Waals surface area contributed by atoms with E-state index in [0.717, 1.165) is 24.0 Å². The number of nitro groups is 1. The van der Waals surface area contributed by atoms with Gasteiger partial charge in [-0.15, -0.1) is 0 Å². The molecule has 8 nitrogen and oxygen atoms in total. The van der Waals surface area contributed by atoms with Crippen LogP contribution in [0, 0.1) is 10.1 Å². The lowest BCUT2D eigenvalue weighted by Gasteiger charge is -2.09. The second-order valence-electron chi connectivity index (χ2n) is 5.05. The minimum atomic E-state index is -4.88. The van der Waals surface area contributed by atoms with Crippen molar-refractivity contribution in [2.45, 2.75) is 24.0 Å². The lowest BCUT2D eigenvalue weighted by atomic mass is 10.1. The first-order chi connectivity index (χ1) is 12.6. The quantitative estimate of drug-likeness (QED) is 0.259. The molecule has 2 aromatic rings. The van der Waals surface area contributed by atoms with Crippen LogP contribution in [-0.2, 0) is 16.7 Å². The van der Waals surface area contributed by atoms with Crippen LogP contribution in [0.4, 0.5) is 18.9 Å². The highest BCUT2D eigenvalue weighted by Crippen LogP contribution is 2.37. The summed E-state index contributed by atoms with van der Waals surface area (Å²) in [5.74, 6) is -0.879. The Balaban J connectivity index is 2.20. The molecule has 0 amide bonds. The van der Waals surface area contributed by atoms with Gasteiger partial charge in [-0.2, -0.15) is 13.2 Å². The van der Waals surface area contributed by atoms with Gasteiger partial charge in [0.05, 0.1) is 11.5 Å². The maximum Gasteiger partial charge on any atom is 0.423 e. The summed E-state index contributed by atoms with van der Waals surface area (Å²) < 4.78 is 43.6. The van der Waals surface area contributed by atoms with Gasteiger partial charge in [0.15, 0.2) is 5.16 Å². The summed E-state index contributed by atoms with van der Waals surface area (Å²) in [5, 5.41) is 10.8. The third-order valence-electron chi connectivity index (χ3n) is 3.21. The topological polar surface area (TPSA) is 115 Å². The van der Waals surface area contributed by atoms with Gasteiger partial charge in [-0.3, -0.25) is 14.9 Å². The van der Waals surface area contributed by atoms with E-state index in [9.17, 15) is 32.9 Å². The van der Waals surface area contributed by atoms with Gasteiger partial charge in [0, 0.05) is 18.0 Å². The molecule has 0 bridgehead atoms. The highest BCUT2D eigenvalue weighted by atomic mass is 32.2. The number of nitro benzene ring substituents is 1. The fourth-order valence-electron chi connectivity index (χ4n) is 2.02. The molecule has 0 aliphatic heterocycles. The van der Waals surface area contributed by atoms with Crippen LogP contribution >= 0.6 is 11.8 Å². The number of alkyl halides is 3. The van der Waals surface area contributed by atoms with Crippen molar-refractivity contribution < 1.29 is 27.6 Å². The number of ether oxygens (including phenoxy) is 1. The van der Waals surface area contributed by atoms with Crippen molar-refractivity contribution in [1.82, 2.24) is 9.97 Å². The van der Waals surface area contributed by atoms with Crippen molar-refractivity contribution in [2.75, 3.05) is 6.61 Å². The number of halogens is 3. The first-order valence-electron chi connectivity index (χ1n) is 7.37. The number of thioether (sulfide) groups is 1. The molecule has 0 saturated heterocycles. The first-order valence-corrected chi connectivity index (χ1v) is 8.35. The third kappa shape index (κ3) is 5.06. The van der Waals surface area contributed by atoms with Gasteiger partial charge in [-0.25, -0.2) is 9.78 Å². The standard InChI is InChI=1S/C15H12F3N3O5S/c1-2-26-13(23)9-6-19-14(20-12(9)22)27-7-8-3-4-11(21(24)25)10(5-8)15(16,17)18/h3-6H,2,7H2,1H3,(H,19,20,22). The molecule has 0 aliphatic rings. The van der Waals surface area contributed by atoms with Crippen LogP contribution in [0.2, 0.25) is 0 Å². The Kier molecular flexibility index (Phi) is 6.20. The zero-order chi connectivity index (χ0) is 20.2. The van der Waals surface area contributed by atoms with E-state index in [0.29, 0.717) is 6.07 Å². The van der Waals surface area contributed by atoms with Gasteiger partial charge < -0.3 is 9.72 Å². The van der Waals surface area contributed by atoms with Gasteiger partial charge in [0.1, 0.15) is 11.1 Å². The number of benzene rings is 1. The lowest BCUT2D eigenvalue weighted by molar-refractivity contribution is -0.388. The Hall–Kier alpha value is -2.89. The number of nitrogens with zero attached hydrogens (tertiary/aromatic N) is 2. The Morgan fingerprint density at radius 1 is 1.41 bits per heavy atom. The monoisotopic (exact) mass is 403 g/mol. The van der Waals surface area contributed by atoms with Crippen molar-refractivity contribution >= 4 is 23.4 Å². The smallest absolute Gasteiger partial charge is 0.423 e. The number of hydrogen-bond acceptors (Lipinski definition) is 7. The summed E-state index contributed by atoms with van der Waals surface area (Å²) in [6.45, 7) is 1.65. The molecule has 0 aliphatic carbocycles. The zero-order valence-electron chi connectivity index (χ0n) is 13.7. The number of rotatable bonds is 6. The highest BCUT2D eigenvalue weighted by molar-refractivity contribution is 7.98. The third-order valence-corrected chi connectivity index (χ3v) is 4.17. The molecule has 1 heterocycles. The van der Waals surface area contributed by atoms with E-state index in [4.69, 9.17) is 0 Å². The summed E-state index contributed by atoms with van der Waals surface area (Å²) >= 11 is 0.899. The molecular weight excluding hydrogens is 391 g/mol. The number of nitrogens with one attached hydrogen (secondary N) is 1. The number of H-pyrrole nitrogens is 1. The van der Waals surface area contributed by atoms with Crippen LogP contribution < -0.4 is 5.56 Å². The summed E-state index contributed by atoms with van der Waals surface area (Å²) in [4.78, 5) is 39.2. The summed E-state index contributed by atoms with van der Waals surface area (Å²) in [5.41, 5.74) is -3.29. The lowest BCUT2D eigenvalue weighted by Crippen LogP contribution is -2.20. The fourth-order valence-corrected chi connectivity index (χ4v) is 2.79. The predicted octanol–water partition coefficient (Wildman–Crippen LogP) is 3.17. The summed E-state index contributed by atoms with van der Waals surface area (Å²) in [6.07, 6.45) is -3.87. The Bertz CT molecular complexity index is 930. The van der Waals surface area contributed by atoms with Crippen molar-refractivity contribution in [3.05, 3.63) is 61.6 Å². The number of esters is 1. The number of carbonyl (C=O) groups excluding carboxylic acids is 1. The molecule has 0 atom stereocenters. The first kappa shape index (κ1) is 20.4. The SMILES string of the molecule is CCOC(=O)c1cnc(SCc2ccc([N+](=O)[O-])c(C(F)(F)F)c2)[nH]c1=O. The Morgan fingerprint density at radius 3 is 2.67 bits per heavy atom. The molecule has 27 heavy (non-hydrogen) atoms. The van der Waals surface area contributed by atoms with Crippen LogP contribution in [0.5, 0.6) is 0 Å². The van der Waals surface area contributed by atoms with Crippen molar-refractivity contribution in [3.8, 4) is 0 Å². The Morgan fingerprint density at radius 2 is 2.11 bits per heavy atom. The molecule has 0 saturated carbocycles. The van der Waals surface area contributed by atoms with Crippen LogP contribution in [0.3, 0.4) is 0 Å². The van der Waals surface area contributed by atoms with Crippen LogP contribution in [-0.4, -0.2) is 27.5 Å². The molecule has 1 N–H and O–H groups in total. The maximum atomic E-state index is 13.0. The number of carbonyl (C=O) groups is 1.